The molecule has 0 fully saturated rings. The summed E-state index contributed by atoms with van der Waals surface area (Å²) in [5.41, 5.74) is 1.85. The van der Waals surface area contributed by atoms with Gasteiger partial charge in [-0.15, -0.1) is 0 Å². The summed E-state index contributed by atoms with van der Waals surface area (Å²) in [6.45, 7) is 0. The van der Waals surface area contributed by atoms with E-state index >= 15 is 0 Å². The third-order valence-electron chi connectivity index (χ3n) is 4.87. The number of rotatable bonds is 0. The number of hydrogen-bond donors (Lipinski definition) is 2. The molecule has 3 aromatic carbocycles. The quantitative estimate of drug-likeness (QED) is 0.359. The van der Waals surface area contributed by atoms with Crippen molar-refractivity contribution in [3.05, 3.63) is 57.6 Å². The summed E-state index contributed by atoms with van der Waals surface area (Å²) in [6.07, 6.45) is 0. The third-order valence-corrected chi connectivity index (χ3v) is 7.01. The zero-order chi connectivity index (χ0) is 20.8. The fraction of sp³-hybridized carbons (Fsp3) is 0. The molecule has 0 bridgehead atoms. The SMILES string of the molecule is N#CC(C#N)=C1Nc2cc3ccc4ccc5c(c4c3cc2S1)NC(=C(C#N)C#N)S5. The molecule has 2 heterocycles. The number of nitrogens with zero attached hydrogens (tertiary/aromatic N) is 4. The van der Waals surface area contributed by atoms with Gasteiger partial charge < -0.3 is 10.6 Å². The summed E-state index contributed by atoms with van der Waals surface area (Å²) >= 11 is 2.74. The van der Waals surface area contributed by atoms with Gasteiger partial charge in [0.05, 0.1) is 11.4 Å². The average molecular weight is 420 g/mol. The largest absolute Gasteiger partial charge is 0.347 e. The van der Waals surface area contributed by atoms with Crippen LogP contribution in [0.5, 0.6) is 0 Å². The zero-order valence-electron chi connectivity index (χ0n) is 15.1. The highest BCUT2D eigenvalue weighted by molar-refractivity contribution is 8.04. The van der Waals surface area contributed by atoms with Crippen LogP contribution in [0.3, 0.4) is 0 Å². The Morgan fingerprint density at radius 2 is 1.30 bits per heavy atom. The van der Waals surface area contributed by atoms with Crippen LogP contribution in [0.15, 0.2) is 67.4 Å². The van der Waals surface area contributed by atoms with E-state index in [-0.39, 0.29) is 11.1 Å². The molecule has 3 aromatic rings. The lowest BCUT2D eigenvalue weighted by Gasteiger charge is -2.10. The first-order valence-electron chi connectivity index (χ1n) is 8.69. The van der Waals surface area contributed by atoms with E-state index in [2.05, 4.69) is 10.6 Å². The Labute approximate surface area is 179 Å². The molecule has 0 saturated heterocycles. The van der Waals surface area contributed by atoms with Crippen LogP contribution in [0.1, 0.15) is 0 Å². The van der Waals surface area contributed by atoms with Crippen LogP contribution >= 0.6 is 23.5 Å². The Bertz CT molecular complexity index is 1510. The van der Waals surface area contributed by atoms with Crippen LogP contribution < -0.4 is 10.6 Å². The lowest BCUT2D eigenvalue weighted by Crippen LogP contribution is -1.94. The molecule has 0 aromatic heterocycles. The van der Waals surface area contributed by atoms with Crippen molar-refractivity contribution in [3.8, 4) is 24.3 Å². The predicted molar refractivity (Wildman–Crippen MR) is 117 cm³/mol. The first-order chi connectivity index (χ1) is 14.7. The fourth-order valence-corrected chi connectivity index (χ4v) is 5.47. The Morgan fingerprint density at radius 1 is 0.700 bits per heavy atom. The summed E-state index contributed by atoms with van der Waals surface area (Å²) < 4.78 is 0. The van der Waals surface area contributed by atoms with Crippen molar-refractivity contribution in [1.29, 1.82) is 21.0 Å². The van der Waals surface area contributed by atoms with E-state index in [1.807, 2.05) is 60.7 Å². The molecule has 6 nitrogen and oxygen atoms in total. The molecule has 0 radical (unpaired) electrons. The second-order valence-corrected chi connectivity index (χ2v) is 8.59. The number of nitrogens with one attached hydrogen (secondary N) is 2. The summed E-state index contributed by atoms with van der Waals surface area (Å²) in [6, 6.07) is 19.9. The molecular formula is C22H8N6S2. The van der Waals surface area contributed by atoms with Crippen LogP contribution in [0, 0.1) is 45.3 Å². The van der Waals surface area contributed by atoms with Crippen LogP contribution in [-0.2, 0) is 0 Å². The van der Waals surface area contributed by atoms with Gasteiger partial charge >= 0.3 is 0 Å². The van der Waals surface area contributed by atoms with E-state index in [9.17, 15) is 10.5 Å². The maximum Gasteiger partial charge on any atom is 0.160 e. The van der Waals surface area contributed by atoms with Crippen LogP contribution in [-0.4, -0.2) is 0 Å². The number of thioether (sulfide) groups is 2. The number of allylic oxidation sites excluding steroid dienone is 2. The van der Waals surface area contributed by atoms with Crippen LogP contribution in [0.4, 0.5) is 11.4 Å². The van der Waals surface area contributed by atoms with E-state index in [0.29, 0.717) is 10.1 Å². The second-order valence-electron chi connectivity index (χ2n) is 6.48. The molecule has 0 unspecified atom stereocenters. The molecule has 0 spiro atoms. The molecule has 0 atom stereocenters. The fourth-order valence-electron chi connectivity index (χ4n) is 3.54. The lowest BCUT2D eigenvalue weighted by atomic mass is 10.00. The van der Waals surface area contributed by atoms with Gasteiger partial charge in [-0.3, -0.25) is 0 Å². The maximum atomic E-state index is 9.22. The van der Waals surface area contributed by atoms with Crippen molar-refractivity contribution in [3.63, 3.8) is 0 Å². The Kier molecular flexibility index (Phi) is 4.05. The van der Waals surface area contributed by atoms with E-state index in [1.54, 1.807) is 0 Å². The van der Waals surface area contributed by atoms with Gasteiger partial charge in [-0.2, -0.15) is 21.0 Å². The average Bonchev–Trinajstić information content (AvgIpc) is 3.37. The van der Waals surface area contributed by atoms with E-state index in [1.165, 1.54) is 23.5 Å². The highest BCUT2D eigenvalue weighted by atomic mass is 32.2. The summed E-state index contributed by atoms with van der Waals surface area (Å²) in [4.78, 5) is 1.89. The minimum atomic E-state index is 0.0550. The first kappa shape index (κ1) is 18.0. The topological polar surface area (TPSA) is 119 Å². The van der Waals surface area contributed by atoms with Crippen molar-refractivity contribution >= 4 is 56.4 Å². The predicted octanol–water partition coefficient (Wildman–Crippen LogP) is 5.55. The smallest absolute Gasteiger partial charge is 0.160 e. The van der Waals surface area contributed by atoms with Crippen molar-refractivity contribution in [1.82, 2.24) is 0 Å². The van der Waals surface area contributed by atoms with Gasteiger partial charge in [-0.1, -0.05) is 41.7 Å². The molecular weight excluding hydrogens is 412 g/mol. The number of benzene rings is 3. The maximum absolute atomic E-state index is 9.22. The van der Waals surface area contributed by atoms with Crippen molar-refractivity contribution < 1.29 is 0 Å². The van der Waals surface area contributed by atoms with Crippen LogP contribution in [0.2, 0.25) is 0 Å². The monoisotopic (exact) mass is 420 g/mol. The summed E-state index contributed by atoms with van der Waals surface area (Å²) in [7, 11) is 0. The molecule has 2 N–H and O–H groups in total. The Balaban J connectivity index is 1.75. The Hall–Kier alpha value is -4.08. The van der Waals surface area contributed by atoms with Gasteiger partial charge in [-0.25, -0.2) is 0 Å². The van der Waals surface area contributed by atoms with Gasteiger partial charge in [0, 0.05) is 15.2 Å². The normalized spacial score (nSPS) is 13.3. The molecule has 2 aliphatic rings. The van der Waals surface area contributed by atoms with Crippen LogP contribution in [0.25, 0.3) is 21.5 Å². The van der Waals surface area contributed by atoms with Crippen molar-refractivity contribution in [2.75, 3.05) is 10.6 Å². The first-order valence-corrected chi connectivity index (χ1v) is 10.3. The minimum absolute atomic E-state index is 0.0550. The highest BCUT2D eigenvalue weighted by Crippen LogP contribution is 2.50. The van der Waals surface area contributed by atoms with Gasteiger partial charge in [0.15, 0.2) is 11.1 Å². The molecule has 0 amide bonds. The van der Waals surface area contributed by atoms with Gasteiger partial charge in [0.25, 0.3) is 0 Å². The van der Waals surface area contributed by atoms with Crippen molar-refractivity contribution in [2.45, 2.75) is 9.79 Å². The molecule has 0 aliphatic carbocycles. The molecule has 8 heteroatoms. The molecule has 0 saturated carbocycles. The number of fused-ring (bicyclic) bond motifs is 6. The molecule has 138 valence electrons. The third kappa shape index (κ3) is 2.57. The second kappa shape index (κ2) is 6.76. The minimum Gasteiger partial charge on any atom is -0.347 e. The molecule has 5 rings (SSSR count). The van der Waals surface area contributed by atoms with Gasteiger partial charge in [0.2, 0.25) is 0 Å². The summed E-state index contributed by atoms with van der Waals surface area (Å²) in [5.74, 6) is 0. The Morgan fingerprint density at radius 3 is 2.00 bits per heavy atom. The van der Waals surface area contributed by atoms with Crippen molar-refractivity contribution in [2.24, 2.45) is 0 Å². The standard InChI is InChI=1S/C22H8N6S2/c23-7-13(8-24)21-27-16-5-12-2-1-11-3-4-17-20(19(11)15(12)6-18(16)30-21)28-22(29-17)14(9-25)10-26/h1-6,27-28H. The lowest BCUT2D eigenvalue weighted by molar-refractivity contribution is 1.43. The highest BCUT2D eigenvalue weighted by Gasteiger charge is 2.25. The number of anilines is 2. The number of hydrogen-bond acceptors (Lipinski definition) is 8. The van der Waals surface area contributed by atoms with Gasteiger partial charge in [-0.05, 0) is 34.4 Å². The van der Waals surface area contributed by atoms with Gasteiger partial charge in [0.1, 0.15) is 34.3 Å². The molecule has 30 heavy (non-hydrogen) atoms. The van der Waals surface area contributed by atoms with E-state index in [4.69, 9.17) is 10.5 Å². The number of nitriles is 4. The zero-order valence-corrected chi connectivity index (χ0v) is 16.7. The molecule has 2 aliphatic heterocycles. The van der Waals surface area contributed by atoms with E-state index < -0.39 is 0 Å². The summed E-state index contributed by atoms with van der Waals surface area (Å²) in [5, 5.41) is 48.3. The van der Waals surface area contributed by atoms with E-state index in [0.717, 1.165) is 42.7 Å².